The van der Waals surface area contributed by atoms with Gasteiger partial charge in [-0.1, -0.05) is 19.8 Å². The van der Waals surface area contributed by atoms with Crippen LogP contribution in [0.2, 0.25) is 0 Å². The molecule has 1 fully saturated rings. The molecule has 7 heteroatoms. The van der Waals surface area contributed by atoms with Gasteiger partial charge in [0.1, 0.15) is 5.82 Å². The Hall–Kier alpha value is -0.690. The largest absolute Gasteiger partial charge is 0.329 e. The zero-order valence-corrected chi connectivity index (χ0v) is 13.6. The molecule has 3 N–H and O–H groups in total. The molecule has 1 aliphatic rings. The Balaban J connectivity index is 0.00000220. The standard InChI is InChI=1S/C14H21FN2O2S.ClH/c1-11-4-2-3-9-14(11,10-16)17-20(18,19)13-7-5-12(15)6-8-13;/h5-8,11,17H,2-4,9-10,16H2,1H3;1H. The van der Waals surface area contributed by atoms with Gasteiger partial charge in [-0.25, -0.2) is 17.5 Å². The number of hydrogen-bond donors (Lipinski definition) is 2. The molecule has 0 radical (unpaired) electrons. The number of hydrogen-bond acceptors (Lipinski definition) is 3. The van der Waals surface area contributed by atoms with E-state index >= 15 is 0 Å². The van der Waals surface area contributed by atoms with Crippen molar-refractivity contribution >= 4 is 22.4 Å². The lowest BCUT2D eigenvalue weighted by molar-refractivity contribution is 0.191. The number of benzene rings is 1. The highest BCUT2D eigenvalue weighted by atomic mass is 35.5. The van der Waals surface area contributed by atoms with Gasteiger partial charge in [0.25, 0.3) is 0 Å². The molecule has 0 aliphatic heterocycles. The van der Waals surface area contributed by atoms with Gasteiger partial charge in [0.05, 0.1) is 4.90 Å². The topological polar surface area (TPSA) is 72.2 Å². The van der Waals surface area contributed by atoms with E-state index < -0.39 is 21.4 Å². The zero-order valence-electron chi connectivity index (χ0n) is 12.0. The highest BCUT2D eigenvalue weighted by Crippen LogP contribution is 2.34. The van der Waals surface area contributed by atoms with Crippen LogP contribution in [0.3, 0.4) is 0 Å². The van der Waals surface area contributed by atoms with Crippen molar-refractivity contribution in [3.8, 4) is 0 Å². The van der Waals surface area contributed by atoms with Crippen molar-refractivity contribution in [2.45, 2.75) is 43.0 Å². The number of rotatable bonds is 4. The Morgan fingerprint density at radius 3 is 2.48 bits per heavy atom. The van der Waals surface area contributed by atoms with Gasteiger partial charge in [-0.15, -0.1) is 12.4 Å². The molecule has 1 aromatic carbocycles. The van der Waals surface area contributed by atoms with Crippen molar-refractivity contribution in [1.29, 1.82) is 0 Å². The van der Waals surface area contributed by atoms with Crippen LogP contribution in [-0.4, -0.2) is 20.5 Å². The molecule has 0 bridgehead atoms. The third-order valence-electron chi connectivity index (χ3n) is 4.28. The highest BCUT2D eigenvalue weighted by Gasteiger charge is 2.40. The summed E-state index contributed by atoms with van der Waals surface area (Å²) >= 11 is 0. The molecule has 120 valence electrons. The minimum absolute atomic E-state index is 0. The van der Waals surface area contributed by atoms with E-state index in [0.717, 1.165) is 37.8 Å². The van der Waals surface area contributed by atoms with Gasteiger partial charge in [0, 0.05) is 12.1 Å². The lowest BCUT2D eigenvalue weighted by atomic mass is 9.74. The predicted molar refractivity (Wildman–Crippen MR) is 83.4 cm³/mol. The third-order valence-corrected chi connectivity index (χ3v) is 5.85. The minimum Gasteiger partial charge on any atom is -0.329 e. The molecule has 0 heterocycles. The van der Waals surface area contributed by atoms with Gasteiger partial charge in [-0.3, -0.25) is 0 Å². The molecule has 0 amide bonds. The summed E-state index contributed by atoms with van der Waals surface area (Å²) in [6, 6.07) is 4.84. The van der Waals surface area contributed by atoms with Crippen LogP contribution in [0.5, 0.6) is 0 Å². The average Bonchev–Trinajstić information content (AvgIpc) is 2.42. The second-order valence-corrected chi connectivity index (χ2v) is 7.25. The van der Waals surface area contributed by atoms with Crippen LogP contribution >= 0.6 is 12.4 Å². The molecule has 2 unspecified atom stereocenters. The van der Waals surface area contributed by atoms with E-state index in [2.05, 4.69) is 4.72 Å². The Labute approximate surface area is 131 Å². The molecule has 2 rings (SSSR count). The summed E-state index contributed by atoms with van der Waals surface area (Å²) in [5, 5.41) is 0. The van der Waals surface area contributed by atoms with Crippen LogP contribution in [0.1, 0.15) is 32.6 Å². The summed E-state index contributed by atoms with van der Waals surface area (Å²) < 4.78 is 40.5. The molecular formula is C14H22ClFN2O2S. The zero-order chi connectivity index (χ0) is 14.8. The van der Waals surface area contributed by atoms with E-state index in [1.54, 1.807) is 0 Å². The second kappa shape index (κ2) is 7.05. The summed E-state index contributed by atoms with van der Waals surface area (Å²) in [5.74, 6) is -0.264. The van der Waals surface area contributed by atoms with Crippen LogP contribution in [-0.2, 0) is 10.0 Å². The molecule has 0 aromatic heterocycles. The van der Waals surface area contributed by atoms with Crippen molar-refractivity contribution in [1.82, 2.24) is 4.72 Å². The number of nitrogens with one attached hydrogen (secondary N) is 1. The Bertz CT molecular complexity index is 565. The summed E-state index contributed by atoms with van der Waals surface area (Å²) in [6.07, 6.45) is 3.77. The van der Waals surface area contributed by atoms with Gasteiger partial charge in [0.2, 0.25) is 10.0 Å². The van der Waals surface area contributed by atoms with Gasteiger partial charge in [-0.05, 0) is 43.0 Å². The number of halogens is 2. The monoisotopic (exact) mass is 336 g/mol. The Morgan fingerprint density at radius 1 is 1.33 bits per heavy atom. The summed E-state index contributed by atoms with van der Waals surface area (Å²) in [5.41, 5.74) is 5.26. The first kappa shape index (κ1) is 18.4. The average molecular weight is 337 g/mol. The molecule has 21 heavy (non-hydrogen) atoms. The van der Waals surface area contributed by atoms with E-state index in [-0.39, 0.29) is 29.8 Å². The van der Waals surface area contributed by atoms with Gasteiger partial charge < -0.3 is 5.73 Å². The quantitative estimate of drug-likeness (QED) is 0.887. The number of nitrogens with two attached hydrogens (primary N) is 1. The lowest BCUT2D eigenvalue weighted by Gasteiger charge is -2.42. The molecule has 2 atom stereocenters. The van der Waals surface area contributed by atoms with Crippen LogP contribution < -0.4 is 10.5 Å². The fourth-order valence-electron chi connectivity index (χ4n) is 2.85. The highest BCUT2D eigenvalue weighted by molar-refractivity contribution is 7.89. The van der Waals surface area contributed by atoms with Crippen molar-refractivity contribution in [2.24, 2.45) is 11.7 Å². The van der Waals surface area contributed by atoms with Crippen molar-refractivity contribution in [3.63, 3.8) is 0 Å². The van der Waals surface area contributed by atoms with Crippen LogP contribution in [0.15, 0.2) is 29.2 Å². The van der Waals surface area contributed by atoms with E-state index in [9.17, 15) is 12.8 Å². The summed E-state index contributed by atoms with van der Waals surface area (Å²) in [7, 11) is -3.68. The van der Waals surface area contributed by atoms with Gasteiger partial charge in [0.15, 0.2) is 0 Å². The number of sulfonamides is 1. The maximum Gasteiger partial charge on any atom is 0.241 e. The fraction of sp³-hybridized carbons (Fsp3) is 0.571. The summed E-state index contributed by atoms with van der Waals surface area (Å²) in [6.45, 7) is 2.30. The first-order valence-electron chi connectivity index (χ1n) is 6.89. The smallest absolute Gasteiger partial charge is 0.241 e. The normalized spacial score (nSPS) is 26.1. The van der Waals surface area contributed by atoms with Crippen LogP contribution in [0, 0.1) is 11.7 Å². The maximum absolute atomic E-state index is 12.9. The SMILES string of the molecule is CC1CCCCC1(CN)NS(=O)(=O)c1ccc(F)cc1.Cl. The molecule has 4 nitrogen and oxygen atoms in total. The van der Waals surface area contributed by atoms with E-state index in [1.807, 2.05) is 6.92 Å². The molecular weight excluding hydrogens is 315 g/mol. The Morgan fingerprint density at radius 2 is 1.95 bits per heavy atom. The first-order chi connectivity index (χ1) is 9.39. The van der Waals surface area contributed by atoms with Crippen LogP contribution in [0.4, 0.5) is 4.39 Å². The lowest BCUT2D eigenvalue weighted by Crippen LogP contribution is -2.58. The van der Waals surface area contributed by atoms with E-state index in [1.165, 1.54) is 12.1 Å². The van der Waals surface area contributed by atoms with Crippen molar-refractivity contribution in [3.05, 3.63) is 30.1 Å². The predicted octanol–water partition coefficient (Wildman–Crippen LogP) is 2.43. The first-order valence-corrected chi connectivity index (χ1v) is 8.37. The van der Waals surface area contributed by atoms with Gasteiger partial charge >= 0.3 is 0 Å². The fourth-order valence-corrected chi connectivity index (χ4v) is 4.38. The molecule has 1 aliphatic carbocycles. The molecule has 0 spiro atoms. The Kier molecular flexibility index (Phi) is 6.16. The minimum atomic E-state index is -3.68. The summed E-state index contributed by atoms with van der Waals surface area (Å²) in [4.78, 5) is 0.0736. The van der Waals surface area contributed by atoms with E-state index in [0.29, 0.717) is 0 Å². The van der Waals surface area contributed by atoms with E-state index in [4.69, 9.17) is 5.73 Å². The molecule has 1 aromatic rings. The van der Waals surface area contributed by atoms with Gasteiger partial charge in [-0.2, -0.15) is 0 Å². The van der Waals surface area contributed by atoms with Crippen molar-refractivity contribution in [2.75, 3.05) is 6.54 Å². The third kappa shape index (κ3) is 3.94. The van der Waals surface area contributed by atoms with Crippen molar-refractivity contribution < 1.29 is 12.8 Å². The second-order valence-electron chi connectivity index (χ2n) is 5.57. The molecule has 0 saturated heterocycles. The molecule has 1 saturated carbocycles. The van der Waals surface area contributed by atoms with Crippen LogP contribution in [0.25, 0.3) is 0 Å². The maximum atomic E-state index is 12.9.